The summed E-state index contributed by atoms with van der Waals surface area (Å²) in [5, 5.41) is 2.89. The summed E-state index contributed by atoms with van der Waals surface area (Å²) in [5.41, 5.74) is -3.00. The smallest absolute Gasteiger partial charge is 0.385 e. The molecular formula is C24H31F6N3O2. The van der Waals surface area contributed by atoms with Crippen molar-refractivity contribution in [1.29, 1.82) is 0 Å². The number of likely N-dealkylation sites (tertiary alicyclic amines) is 2. The van der Waals surface area contributed by atoms with Crippen molar-refractivity contribution in [3.05, 3.63) is 41.5 Å². The number of nitrogens with one attached hydrogen (secondary N) is 1. The van der Waals surface area contributed by atoms with Crippen molar-refractivity contribution < 1.29 is 35.9 Å². The number of hydrogen-bond acceptors (Lipinski definition) is 4. The number of nitrogens with zero attached hydrogens (tertiary/aromatic N) is 2. The van der Waals surface area contributed by atoms with Crippen molar-refractivity contribution in [2.45, 2.75) is 44.1 Å². The minimum Gasteiger partial charge on any atom is -0.385 e. The van der Waals surface area contributed by atoms with Crippen molar-refractivity contribution in [1.82, 2.24) is 15.1 Å². The van der Waals surface area contributed by atoms with Crippen LogP contribution >= 0.6 is 0 Å². The number of halogens is 6. The lowest BCUT2D eigenvalue weighted by atomic mass is 9.96. The Morgan fingerprint density at radius 3 is 2.00 bits per heavy atom. The van der Waals surface area contributed by atoms with E-state index in [9.17, 15) is 31.1 Å². The first kappa shape index (κ1) is 27.3. The predicted octanol–water partition coefficient (Wildman–Crippen LogP) is 4.63. The Morgan fingerprint density at radius 1 is 0.971 bits per heavy atom. The van der Waals surface area contributed by atoms with E-state index in [4.69, 9.17) is 4.74 Å². The molecule has 0 atom stereocenters. The zero-order valence-electron chi connectivity index (χ0n) is 19.6. The van der Waals surface area contributed by atoms with Crippen LogP contribution in [-0.2, 0) is 21.9 Å². The molecule has 2 heterocycles. The average molecular weight is 508 g/mol. The van der Waals surface area contributed by atoms with E-state index in [-0.39, 0.29) is 35.3 Å². The van der Waals surface area contributed by atoms with Crippen molar-refractivity contribution >= 4 is 11.6 Å². The van der Waals surface area contributed by atoms with Gasteiger partial charge in [0.25, 0.3) is 0 Å². The SMILES string of the molecule is C=C(NCC1CCN(C(=O)CN2CCC(OC)CC2)CC1)c1cc(C(F)(F)F)cc(C(F)(F)F)c1. The highest BCUT2D eigenvalue weighted by molar-refractivity contribution is 5.78. The van der Waals surface area contributed by atoms with Gasteiger partial charge in [0.15, 0.2) is 0 Å². The van der Waals surface area contributed by atoms with Crippen LogP contribution in [0.5, 0.6) is 0 Å². The summed E-state index contributed by atoms with van der Waals surface area (Å²) in [7, 11) is 1.69. The molecule has 1 aromatic rings. The lowest BCUT2D eigenvalue weighted by Gasteiger charge is -2.35. The molecule has 5 nitrogen and oxygen atoms in total. The molecule has 2 fully saturated rings. The molecule has 0 saturated carbocycles. The van der Waals surface area contributed by atoms with Gasteiger partial charge in [0.2, 0.25) is 5.91 Å². The maximum atomic E-state index is 13.1. The summed E-state index contributed by atoms with van der Waals surface area (Å²) >= 11 is 0. The van der Waals surface area contributed by atoms with E-state index >= 15 is 0 Å². The highest BCUT2D eigenvalue weighted by Crippen LogP contribution is 2.37. The van der Waals surface area contributed by atoms with E-state index in [0.29, 0.717) is 51.2 Å². The zero-order valence-corrected chi connectivity index (χ0v) is 19.6. The van der Waals surface area contributed by atoms with E-state index in [2.05, 4.69) is 16.8 Å². The summed E-state index contributed by atoms with van der Waals surface area (Å²) < 4.78 is 84.0. The van der Waals surface area contributed by atoms with Crippen LogP contribution in [0.15, 0.2) is 24.8 Å². The van der Waals surface area contributed by atoms with E-state index in [1.165, 1.54) is 0 Å². The number of methoxy groups -OCH3 is 1. The molecule has 0 aliphatic carbocycles. The molecule has 11 heteroatoms. The number of carbonyl (C=O) groups is 1. The molecule has 1 aromatic carbocycles. The third kappa shape index (κ3) is 7.60. The maximum absolute atomic E-state index is 13.1. The van der Waals surface area contributed by atoms with E-state index in [1.807, 2.05) is 4.90 Å². The summed E-state index contributed by atoms with van der Waals surface area (Å²) in [6.45, 7) is 7.13. The number of alkyl halides is 6. The first-order valence-corrected chi connectivity index (χ1v) is 11.6. The topological polar surface area (TPSA) is 44.8 Å². The van der Waals surface area contributed by atoms with Crippen LogP contribution in [0.1, 0.15) is 42.4 Å². The lowest BCUT2D eigenvalue weighted by molar-refractivity contribution is -0.143. The Labute approximate surface area is 201 Å². The van der Waals surface area contributed by atoms with Crippen molar-refractivity contribution in [3.8, 4) is 0 Å². The summed E-state index contributed by atoms with van der Waals surface area (Å²) in [6.07, 6.45) is -6.39. The van der Waals surface area contributed by atoms with Gasteiger partial charge in [-0.25, -0.2) is 0 Å². The normalized spacial score (nSPS) is 19.1. The van der Waals surface area contributed by atoms with Gasteiger partial charge in [0.1, 0.15) is 0 Å². The molecule has 0 spiro atoms. The Kier molecular flexibility index (Phi) is 8.74. The fraction of sp³-hybridized carbons (Fsp3) is 0.625. The minimum absolute atomic E-state index is 0.000400. The fourth-order valence-corrected chi connectivity index (χ4v) is 4.48. The fourth-order valence-electron chi connectivity index (χ4n) is 4.48. The molecule has 0 bridgehead atoms. The molecule has 0 radical (unpaired) electrons. The van der Waals surface area contributed by atoms with Crippen LogP contribution in [-0.4, -0.2) is 68.2 Å². The third-order valence-electron chi connectivity index (χ3n) is 6.73. The minimum atomic E-state index is -4.91. The second kappa shape index (κ2) is 11.2. The highest BCUT2D eigenvalue weighted by atomic mass is 19.4. The van der Waals surface area contributed by atoms with E-state index < -0.39 is 23.5 Å². The monoisotopic (exact) mass is 507 g/mol. The third-order valence-corrected chi connectivity index (χ3v) is 6.73. The van der Waals surface area contributed by atoms with Crippen molar-refractivity contribution in [2.75, 3.05) is 46.4 Å². The Hall–Kier alpha value is -2.27. The number of hydrogen-bond donors (Lipinski definition) is 1. The van der Waals surface area contributed by atoms with Crippen molar-refractivity contribution in [3.63, 3.8) is 0 Å². The van der Waals surface area contributed by atoms with Crippen LogP contribution in [0.4, 0.5) is 26.3 Å². The second-order valence-electron chi connectivity index (χ2n) is 9.19. The van der Waals surface area contributed by atoms with E-state index in [0.717, 1.165) is 25.9 Å². The predicted molar refractivity (Wildman–Crippen MR) is 119 cm³/mol. The second-order valence-corrected chi connectivity index (χ2v) is 9.19. The van der Waals surface area contributed by atoms with Gasteiger partial charge < -0.3 is 15.0 Å². The number of rotatable bonds is 7. The first-order chi connectivity index (χ1) is 16.4. The van der Waals surface area contributed by atoms with Crippen LogP contribution < -0.4 is 5.32 Å². The van der Waals surface area contributed by atoms with Crippen molar-refractivity contribution in [2.24, 2.45) is 5.92 Å². The molecule has 3 rings (SSSR count). The largest absolute Gasteiger partial charge is 0.416 e. The summed E-state index contributed by atoms with van der Waals surface area (Å²) in [6, 6.07) is 1.44. The molecule has 1 amide bonds. The van der Waals surface area contributed by atoms with Gasteiger partial charge in [0.05, 0.1) is 23.8 Å². The van der Waals surface area contributed by atoms with Gasteiger partial charge in [-0.05, 0) is 55.4 Å². The molecule has 0 unspecified atom stereocenters. The van der Waals surface area contributed by atoms with Gasteiger partial charge >= 0.3 is 12.4 Å². The van der Waals surface area contributed by atoms with Crippen LogP contribution in [0.25, 0.3) is 5.70 Å². The molecule has 2 saturated heterocycles. The molecule has 2 aliphatic heterocycles. The summed E-state index contributed by atoms with van der Waals surface area (Å²) in [4.78, 5) is 16.6. The quantitative estimate of drug-likeness (QED) is 0.547. The Balaban J connectivity index is 1.49. The molecule has 196 valence electrons. The molecular weight excluding hydrogens is 476 g/mol. The van der Waals surface area contributed by atoms with Gasteiger partial charge in [-0.1, -0.05) is 6.58 Å². The highest BCUT2D eigenvalue weighted by Gasteiger charge is 2.37. The maximum Gasteiger partial charge on any atom is 0.416 e. The number of benzene rings is 1. The van der Waals surface area contributed by atoms with Crippen LogP contribution in [0.2, 0.25) is 0 Å². The zero-order chi connectivity index (χ0) is 25.8. The van der Waals surface area contributed by atoms with Crippen LogP contribution in [0.3, 0.4) is 0 Å². The van der Waals surface area contributed by atoms with Gasteiger partial charge in [-0.15, -0.1) is 0 Å². The Morgan fingerprint density at radius 2 is 1.51 bits per heavy atom. The number of carbonyl (C=O) groups excluding carboxylic acids is 1. The first-order valence-electron chi connectivity index (χ1n) is 11.6. The Bertz CT molecular complexity index is 854. The number of piperidine rings is 2. The lowest BCUT2D eigenvalue weighted by Crippen LogP contribution is -2.47. The van der Waals surface area contributed by atoms with E-state index in [1.54, 1.807) is 7.11 Å². The summed E-state index contributed by atoms with van der Waals surface area (Å²) in [5.74, 6) is 0.196. The number of ether oxygens (including phenoxy) is 1. The van der Waals surface area contributed by atoms with Gasteiger partial charge in [-0.3, -0.25) is 9.69 Å². The standard InChI is InChI=1S/C24H31F6N3O2/c1-16(18-11-19(23(25,26)27)13-20(12-18)24(28,29)30)31-14-17-3-9-33(10-4-17)22(34)15-32-7-5-21(35-2)6-8-32/h11-13,17,21,31H,1,3-10,14-15H2,2H3. The number of amides is 1. The average Bonchev–Trinajstić information content (AvgIpc) is 2.82. The molecule has 35 heavy (non-hydrogen) atoms. The molecule has 0 aromatic heterocycles. The molecule has 2 aliphatic rings. The van der Waals surface area contributed by atoms with Crippen LogP contribution in [0, 0.1) is 5.92 Å². The molecule has 1 N–H and O–H groups in total. The van der Waals surface area contributed by atoms with Gasteiger partial charge in [0, 0.05) is 45.5 Å². The van der Waals surface area contributed by atoms with Gasteiger partial charge in [-0.2, -0.15) is 26.3 Å².